The zero-order chi connectivity index (χ0) is 15.8. The summed E-state index contributed by atoms with van der Waals surface area (Å²) < 4.78 is 11.5. The van der Waals surface area contributed by atoms with E-state index in [1.54, 1.807) is 6.92 Å². The molecule has 5 heteroatoms. The number of benzene rings is 1. The van der Waals surface area contributed by atoms with Crippen molar-refractivity contribution in [1.29, 1.82) is 0 Å². The molecule has 0 aliphatic rings. The molecule has 0 fully saturated rings. The molecule has 0 N–H and O–H groups in total. The minimum atomic E-state index is -0.685. The Bertz CT molecular complexity index is 499. The number of ketones is 1. The second kappa shape index (κ2) is 8.82. The Morgan fingerprint density at radius 2 is 2.05 bits per heavy atom. The Morgan fingerprint density at radius 1 is 1.33 bits per heavy atom. The van der Waals surface area contributed by atoms with Crippen LogP contribution in [0.25, 0.3) is 0 Å². The van der Waals surface area contributed by atoms with Crippen LogP contribution in [0.2, 0.25) is 0 Å². The zero-order valence-corrected chi connectivity index (χ0v) is 14.2. The lowest BCUT2D eigenvalue weighted by Gasteiger charge is -2.13. The van der Waals surface area contributed by atoms with Crippen molar-refractivity contribution in [3.05, 3.63) is 28.2 Å². The normalized spacial score (nSPS) is 11.8. The number of carbonyl (C=O) groups excluding carboxylic acids is 2. The number of hydrogen-bond donors (Lipinski definition) is 0. The van der Waals surface area contributed by atoms with Gasteiger partial charge in [0, 0.05) is 0 Å². The highest BCUT2D eigenvalue weighted by Crippen LogP contribution is 2.26. The average Bonchev–Trinajstić information content (AvgIpc) is 2.40. The van der Waals surface area contributed by atoms with Crippen molar-refractivity contribution in [2.75, 3.05) is 13.2 Å². The number of halogens is 1. The predicted molar refractivity (Wildman–Crippen MR) is 84.4 cm³/mol. The monoisotopic (exact) mass is 356 g/mol. The summed E-state index contributed by atoms with van der Waals surface area (Å²) >= 11 is 3.44. The molecule has 1 unspecified atom stereocenters. The van der Waals surface area contributed by atoms with Gasteiger partial charge in [0.15, 0.2) is 0 Å². The van der Waals surface area contributed by atoms with Gasteiger partial charge in [-0.25, -0.2) is 0 Å². The summed E-state index contributed by atoms with van der Waals surface area (Å²) in [5.74, 6) is -0.530. The van der Waals surface area contributed by atoms with Gasteiger partial charge < -0.3 is 9.47 Å². The van der Waals surface area contributed by atoms with Crippen LogP contribution >= 0.6 is 15.9 Å². The second-order valence-electron chi connectivity index (χ2n) is 4.84. The van der Waals surface area contributed by atoms with Gasteiger partial charge in [0.2, 0.25) is 0 Å². The molecule has 0 amide bonds. The molecule has 0 aliphatic heterocycles. The maximum absolute atomic E-state index is 11.6. The fourth-order valence-electron chi connectivity index (χ4n) is 1.92. The first-order chi connectivity index (χ1) is 9.95. The first-order valence-electron chi connectivity index (χ1n) is 7.01. The smallest absolute Gasteiger partial charge is 0.316 e. The first-order valence-corrected chi connectivity index (χ1v) is 7.81. The van der Waals surface area contributed by atoms with Gasteiger partial charge in [-0.1, -0.05) is 6.07 Å². The third kappa shape index (κ3) is 5.87. The van der Waals surface area contributed by atoms with Gasteiger partial charge in [-0.3, -0.25) is 9.59 Å². The summed E-state index contributed by atoms with van der Waals surface area (Å²) in [6.07, 6.45) is 1.06. The summed E-state index contributed by atoms with van der Waals surface area (Å²) in [6.45, 7) is 5.89. The number of rotatable bonds is 8. The van der Waals surface area contributed by atoms with E-state index in [2.05, 4.69) is 15.9 Å². The minimum absolute atomic E-state index is 0.162. The van der Waals surface area contributed by atoms with Gasteiger partial charge in [-0.15, -0.1) is 0 Å². The Hall–Kier alpha value is -1.36. The number of esters is 1. The van der Waals surface area contributed by atoms with Crippen LogP contribution in [-0.4, -0.2) is 25.0 Å². The minimum Gasteiger partial charge on any atom is -0.492 e. The molecule has 0 saturated heterocycles. The second-order valence-corrected chi connectivity index (χ2v) is 5.69. The Labute approximate surface area is 133 Å². The molecule has 116 valence electrons. The van der Waals surface area contributed by atoms with Crippen molar-refractivity contribution in [3.8, 4) is 5.75 Å². The molecule has 0 radical (unpaired) electrons. The topological polar surface area (TPSA) is 52.6 Å². The number of aryl methyl sites for hydroxylation is 1. The lowest BCUT2D eigenvalue weighted by atomic mass is 10.00. The van der Waals surface area contributed by atoms with E-state index in [1.165, 1.54) is 6.92 Å². The molecular weight excluding hydrogens is 336 g/mol. The molecule has 1 atom stereocenters. The summed E-state index contributed by atoms with van der Waals surface area (Å²) in [5, 5.41) is 0. The van der Waals surface area contributed by atoms with E-state index in [9.17, 15) is 9.59 Å². The zero-order valence-electron chi connectivity index (χ0n) is 12.6. The predicted octanol–water partition coefficient (Wildman–Crippen LogP) is 3.68. The van der Waals surface area contributed by atoms with Crippen LogP contribution in [0.5, 0.6) is 5.75 Å². The van der Waals surface area contributed by atoms with E-state index in [1.807, 2.05) is 25.1 Å². The van der Waals surface area contributed by atoms with Gasteiger partial charge in [0.1, 0.15) is 17.5 Å². The van der Waals surface area contributed by atoms with Crippen molar-refractivity contribution in [3.63, 3.8) is 0 Å². The van der Waals surface area contributed by atoms with Crippen LogP contribution in [0, 0.1) is 12.8 Å². The van der Waals surface area contributed by atoms with Crippen molar-refractivity contribution in [2.24, 2.45) is 5.92 Å². The highest BCUT2D eigenvalue weighted by atomic mass is 79.9. The van der Waals surface area contributed by atoms with E-state index in [0.29, 0.717) is 19.4 Å². The van der Waals surface area contributed by atoms with Gasteiger partial charge in [-0.05, 0) is 67.2 Å². The van der Waals surface area contributed by atoms with Crippen LogP contribution in [0.3, 0.4) is 0 Å². The molecule has 4 nitrogen and oxygen atoms in total. The maximum atomic E-state index is 11.6. The molecule has 0 saturated carbocycles. The van der Waals surface area contributed by atoms with Gasteiger partial charge >= 0.3 is 5.97 Å². The molecule has 0 spiro atoms. The van der Waals surface area contributed by atoms with E-state index in [-0.39, 0.29) is 12.4 Å². The lowest BCUT2D eigenvalue weighted by Crippen LogP contribution is -2.24. The molecule has 21 heavy (non-hydrogen) atoms. The lowest BCUT2D eigenvalue weighted by molar-refractivity contribution is -0.151. The summed E-state index contributed by atoms with van der Waals surface area (Å²) in [5.41, 5.74) is 1.15. The van der Waals surface area contributed by atoms with Crippen LogP contribution in [-0.2, 0) is 14.3 Å². The molecule has 1 aromatic rings. The number of ether oxygens (including phenoxy) is 2. The van der Waals surface area contributed by atoms with Gasteiger partial charge in [0.05, 0.1) is 17.7 Å². The van der Waals surface area contributed by atoms with Crippen molar-refractivity contribution < 1.29 is 19.1 Å². The van der Waals surface area contributed by atoms with E-state index in [0.717, 1.165) is 15.8 Å². The molecule has 1 rings (SSSR count). The summed E-state index contributed by atoms with van der Waals surface area (Å²) in [6, 6.07) is 5.84. The quantitative estimate of drug-likeness (QED) is 0.405. The highest BCUT2D eigenvalue weighted by molar-refractivity contribution is 9.10. The highest BCUT2D eigenvalue weighted by Gasteiger charge is 2.24. The molecule has 0 aromatic heterocycles. The fraction of sp³-hybridized carbons (Fsp3) is 0.500. The van der Waals surface area contributed by atoms with Gasteiger partial charge in [0.25, 0.3) is 0 Å². The molecular formula is C16H21BrO4. The van der Waals surface area contributed by atoms with E-state index >= 15 is 0 Å². The number of Topliss-reactive ketones (excluding diaryl/α,β-unsaturated/α-hetero) is 1. The summed E-state index contributed by atoms with van der Waals surface area (Å²) in [7, 11) is 0. The largest absolute Gasteiger partial charge is 0.492 e. The van der Waals surface area contributed by atoms with E-state index in [4.69, 9.17) is 9.47 Å². The van der Waals surface area contributed by atoms with Crippen molar-refractivity contribution in [1.82, 2.24) is 0 Å². The standard InChI is InChI=1S/C16H21BrO4/c1-4-20-16(19)13(12(3)18)6-5-9-21-15-8-7-11(2)10-14(15)17/h7-8,10,13H,4-6,9H2,1-3H3. The number of hydrogen-bond acceptors (Lipinski definition) is 4. The van der Waals surface area contributed by atoms with Crippen LogP contribution in [0.15, 0.2) is 22.7 Å². The average molecular weight is 357 g/mol. The van der Waals surface area contributed by atoms with E-state index < -0.39 is 11.9 Å². The molecule has 0 aliphatic carbocycles. The first kappa shape index (κ1) is 17.7. The molecule has 0 heterocycles. The fourth-order valence-corrected chi connectivity index (χ4v) is 2.53. The molecule has 0 bridgehead atoms. The number of carbonyl (C=O) groups is 2. The summed E-state index contributed by atoms with van der Waals surface area (Å²) in [4.78, 5) is 23.1. The Kier molecular flexibility index (Phi) is 7.43. The van der Waals surface area contributed by atoms with Crippen molar-refractivity contribution >= 4 is 27.7 Å². The van der Waals surface area contributed by atoms with Gasteiger partial charge in [-0.2, -0.15) is 0 Å². The Balaban J connectivity index is 2.44. The third-order valence-electron chi connectivity index (χ3n) is 3.04. The van der Waals surface area contributed by atoms with Crippen LogP contribution in [0.1, 0.15) is 32.3 Å². The van der Waals surface area contributed by atoms with Crippen LogP contribution < -0.4 is 4.74 Å². The van der Waals surface area contributed by atoms with Crippen LogP contribution in [0.4, 0.5) is 0 Å². The Morgan fingerprint density at radius 3 is 2.62 bits per heavy atom. The van der Waals surface area contributed by atoms with Crippen molar-refractivity contribution in [2.45, 2.75) is 33.6 Å². The molecule has 1 aromatic carbocycles. The maximum Gasteiger partial charge on any atom is 0.316 e. The SMILES string of the molecule is CCOC(=O)C(CCCOc1ccc(C)cc1Br)C(C)=O. The third-order valence-corrected chi connectivity index (χ3v) is 3.66.